The van der Waals surface area contributed by atoms with Crippen molar-refractivity contribution in [2.75, 3.05) is 0 Å². The predicted octanol–water partition coefficient (Wildman–Crippen LogP) is 3.52. The summed E-state index contributed by atoms with van der Waals surface area (Å²) in [5, 5.41) is 0. The van der Waals surface area contributed by atoms with Gasteiger partial charge in [0.1, 0.15) is 0 Å². The minimum atomic E-state index is -3.41. The fourth-order valence-corrected chi connectivity index (χ4v) is 4.69. The van der Waals surface area contributed by atoms with Crippen molar-refractivity contribution in [3.8, 4) is 0 Å². The topological polar surface area (TPSA) is 37.1 Å². The molecule has 3 nitrogen and oxygen atoms in total. The summed E-state index contributed by atoms with van der Waals surface area (Å²) in [7, 11) is -3.41. The van der Waals surface area contributed by atoms with Crippen molar-refractivity contribution in [2.45, 2.75) is 37.2 Å². The Morgan fingerprint density at radius 1 is 1.00 bits per heavy atom. The first-order valence-corrected chi connectivity index (χ1v) is 8.65. The van der Waals surface area contributed by atoms with E-state index < -0.39 is 10.0 Å². The Morgan fingerprint density at radius 3 is 2.19 bits per heavy atom. The molecule has 0 radical (unpaired) electrons. The van der Waals surface area contributed by atoms with Gasteiger partial charge in [-0.3, -0.25) is 0 Å². The van der Waals surface area contributed by atoms with Gasteiger partial charge in [-0.25, -0.2) is 8.42 Å². The lowest BCUT2D eigenvalue weighted by atomic mass is 10.1. The molecule has 21 heavy (non-hydrogen) atoms. The van der Waals surface area contributed by atoms with Crippen molar-refractivity contribution in [3.63, 3.8) is 0 Å². The van der Waals surface area contributed by atoms with Gasteiger partial charge in [-0.2, -0.15) is 4.31 Å². The van der Waals surface area contributed by atoms with Crippen LogP contribution in [0.3, 0.4) is 0 Å². The lowest BCUT2D eigenvalue weighted by Gasteiger charge is -2.07. The summed E-state index contributed by atoms with van der Waals surface area (Å²) in [5.41, 5.74) is 2.13. The zero-order valence-corrected chi connectivity index (χ0v) is 13.0. The smallest absolute Gasteiger partial charge is 0.207 e. The molecule has 3 rings (SSSR count). The molecule has 0 aliphatic carbocycles. The van der Waals surface area contributed by atoms with Gasteiger partial charge < -0.3 is 0 Å². The molecule has 1 fully saturated rings. The van der Waals surface area contributed by atoms with Crippen LogP contribution in [0.15, 0.2) is 59.5 Å². The van der Waals surface area contributed by atoms with Crippen LogP contribution >= 0.6 is 0 Å². The van der Waals surface area contributed by atoms with Crippen LogP contribution in [0, 0.1) is 6.92 Å². The molecule has 0 aromatic heterocycles. The van der Waals surface area contributed by atoms with Crippen LogP contribution in [0.2, 0.25) is 0 Å². The largest absolute Gasteiger partial charge is 0.244 e. The van der Waals surface area contributed by atoms with Gasteiger partial charge in [0.25, 0.3) is 0 Å². The van der Waals surface area contributed by atoms with Gasteiger partial charge in [0, 0.05) is 6.04 Å². The fraction of sp³-hybridized carbons (Fsp3) is 0.294. The van der Waals surface area contributed by atoms with Gasteiger partial charge in [-0.15, -0.1) is 0 Å². The molecule has 0 saturated carbocycles. The third-order valence-corrected chi connectivity index (χ3v) is 5.95. The van der Waals surface area contributed by atoms with Crippen LogP contribution in [-0.2, 0) is 10.0 Å². The Labute approximate surface area is 126 Å². The lowest BCUT2D eigenvalue weighted by molar-refractivity contribution is 0.544. The second kappa shape index (κ2) is 5.28. The SMILES string of the molecule is CC[C@H]1[C@H](c2ccccc2)N1S(=O)(=O)c1ccc(C)cc1. The van der Waals surface area contributed by atoms with E-state index in [1.165, 1.54) is 0 Å². The highest BCUT2D eigenvalue weighted by Gasteiger charge is 2.54. The molecular formula is C17H19NO2S. The van der Waals surface area contributed by atoms with E-state index in [1.54, 1.807) is 16.4 Å². The molecule has 110 valence electrons. The van der Waals surface area contributed by atoms with Gasteiger partial charge in [0.2, 0.25) is 10.0 Å². The number of aryl methyl sites for hydroxylation is 1. The summed E-state index contributed by atoms with van der Waals surface area (Å²) in [6, 6.07) is 17.0. The Hall–Kier alpha value is -1.65. The number of benzene rings is 2. The summed E-state index contributed by atoms with van der Waals surface area (Å²) in [5.74, 6) is 0. The predicted molar refractivity (Wildman–Crippen MR) is 83.5 cm³/mol. The zero-order valence-electron chi connectivity index (χ0n) is 12.2. The van der Waals surface area contributed by atoms with Crippen molar-refractivity contribution in [3.05, 3.63) is 65.7 Å². The quantitative estimate of drug-likeness (QED) is 0.810. The highest BCUT2D eigenvalue weighted by atomic mass is 32.2. The molecule has 0 spiro atoms. The fourth-order valence-electron chi connectivity index (χ4n) is 2.84. The maximum Gasteiger partial charge on any atom is 0.244 e. The van der Waals surface area contributed by atoms with E-state index >= 15 is 0 Å². The van der Waals surface area contributed by atoms with Gasteiger partial charge in [-0.05, 0) is 31.0 Å². The number of nitrogens with zero attached hydrogens (tertiary/aromatic N) is 1. The molecule has 0 bridgehead atoms. The van der Waals surface area contributed by atoms with Crippen molar-refractivity contribution in [2.24, 2.45) is 0 Å². The second-order valence-electron chi connectivity index (χ2n) is 5.48. The molecule has 0 N–H and O–H groups in total. The van der Waals surface area contributed by atoms with Crippen molar-refractivity contribution in [1.82, 2.24) is 4.31 Å². The monoisotopic (exact) mass is 301 g/mol. The van der Waals surface area contributed by atoms with E-state index in [-0.39, 0.29) is 12.1 Å². The van der Waals surface area contributed by atoms with Crippen LogP contribution in [0.25, 0.3) is 0 Å². The lowest BCUT2D eigenvalue weighted by Crippen LogP contribution is -2.14. The number of hydrogen-bond donors (Lipinski definition) is 0. The van der Waals surface area contributed by atoms with Gasteiger partial charge in [0.15, 0.2) is 0 Å². The maximum atomic E-state index is 12.8. The van der Waals surface area contributed by atoms with Crippen molar-refractivity contribution in [1.29, 1.82) is 0 Å². The summed E-state index contributed by atoms with van der Waals surface area (Å²) in [6.07, 6.45) is 0.824. The number of rotatable bonds is 4. The number of sulfonamides is 1. The molecule has 1 aliphatic heterocycles. The van der Waals surface area contributed by atoms with Crippen molar-refractivity contribution >= 4 is 10.0 Å². The minimum Gasteiger partial charge on any atom is -0.207 e. The van der Waals surface area contributed by atoms with E-state index in [2.05, 4.69) is 0 Å². The molecular weight excluding hydrogens is 282 g/mol. The minimum absolute atomic E-state index is 0.0255. The average Bonchev–Trinajstić information content (AvgIpc) is 3.24. The van der Waals surface area contributed by atoms with Gasteiger partial charge in [0.05, 0.1) is 10.9 Å². The molecule has 0 amide bonds. The molecule has 1 unspecified atom stereocenters. The van der Waals surface area contributed by atoms with Crippen LogP contribution in [0.1, 0.15) is 30.5 Å². The first-order chi connectivity index (χ1) is 10.1. The van der Waals surface area contributed by atoms with E-state index in [1.807, 2.05) is 56.3 Å². The average molecular weight is 301 g/mol. The van der Waals surface area contributed by atoms with E-state index in [9.17, 15) is 8.42 Å². The molecule has 3 atom stereocenters. The second-order valence-corrected chi connectivity index (χ2v) is 7.32. The molecule has 2 aromatic carbocycles. The number of hydrogen-bond acceptors (Lipinski definition) is 2. The third-order valence-electron chi connectivity index (χ3n) is 4.03. The van der Waals surface area contributed by atoms with Crippen LogP contribution in [-0.4, -0.2) is 18.8 Å². The normalized spacial score (nSPS) is 24.8. The Bertz CT molecular complexity index is 723. The summed E-state index contributed by atoms with van der Waals surface area (Å²) in [4.78, 5) is 0.380. The molecule has 1 saturated heterocycles. The van der Waals surface area contributed by atoms with Crippen LogP contribution in [0.4, 0.5) is 0 Å². The van der Waals surface area contributed by atoms with Gasteiger partial charge >= 0.3 is 0 Å². The van der Waals surface area contributed by atoms with Gasteiger partial charge in [-0.1, -0.05) is 55.0 Å². The molecule has 4 heteroatoms. The Kier molecular flexibility index (Phi) is 3.59. The standard InChI is InChI=1S/C17H19NO2S/c1-3-16-17(14-7-5-4-6-8-14)18(16)21(19,20)15-11-9-13(2)10-12-15/h4-12,16-17H,3H2,1-2H3/t16-,17-,18?/m0/s1. The van der Waals surface area contributed by atoms with E-state index in [0.717, 1.165) is 17.5 Å². The summed E-state index contributed by atoms with van der Waals surface area (Å²) in [6.45, 7) is 3.99. The zero-order chi connectivity index (χ0) is 15.0. The first kappa shape index (κ1) is 14.3. The van der Waals surface area contributed by atoms with E-state index in [0.29, 0.717) is 4.90 Å². The van der Waals surface area contributed by atoms with E-state index in [4.69, 9.17) is 0 Å². The molecule has 1 heterocycles. The maximum absolute atomic E-state index is 12.8. The summed E-state index contributed by atoms with van der Waals surface area (Å²) < 4.78 is 27.2. The highest BCUT2D eigenvalue weighted by molar-refractivity contribution is 7.89. The Morgan fingerprint density at radius 2 is 1.62 bits per heavy atom. The summed E-state index contributed by atoms with van der Waals surface area (Å²) >= 11 is 0. The first-order valence-electron chi connectivity index (χ1n) is 7.21. The Balaban J connectivity index is 1.94. The third kappa shape index (κ3) is 2.49. The van der Waals surface area contributed by atoms with Crippen LogP contribution in [0.5, 0.6) is 0 Å². The van der Waals surface area contributed by atoms with Crippen molar-refractivity contribution < 1.29 is 8.42 Å². The van der Waals surface area contributed by atoms with Crippen LogP contribution < -0.4 is 0 Å². The molecule has 1 aliphatic rings. The highest BCUT2D eigenvalue weighted by Crippen LogP contribution is 2.48. The molecule has 2 aromatic rings.